The van der Waals surface area contributed by atoms with E-state index in [9.17, 15) is 4.79 Å². The molecule has 27 heavy (non-hydrogen) atoms. The highest BCUT2D eigenvalue weighted by Crippen LogP contribution is 2.47. The van der Waals surface area contributed by atoms with Crippen LogP contribution in [0.3, 0.4) is 0 Å². The minimum Gasteiger partial charge on any atom is -0.296 e. The molecule has 138 valence electrons. The maximum atomic E-state index is 13.4. The number of hydrogen-bond donors (Lipinski definition) is 0. The van der Waals surface area contributed by atoms with Gasteiger partial charge in [-0.2, -0.15) is 0 Å². The molecule has 2 bridgehead atoms. The van der Waals surface area contributed by atoms with Crippen molar-refractivity contribution in [2.75, 3.05) is 7.05 Å². The summed E-state index contributed by atoms with van der Waals surface area (Å²) >= 11 is 5.99. The second-order valence-corrected chi connectivity index (χ2v) is 8.47. The Morgan fingerprint density at radius 2 is 1.93 bits per heavy atom. The summed E-state index contributed by atoms with van der Waals surface area (Å²) in [6, 6.07) is 15.1. The first-order valence-corrected chi connectivity index (χ1v) is 10.0. The highest BCUT2D eigenvalue weighted by molar-refractivity contribution is 6.30. The summed E-state index contributed by atoms with van der Waals surface area (Å²) in [5, 5.41) is 1.96. The predicted octanol–water partition coefficient (Wildman–Crippen LogP) is 5.18. The van der Waals surface area contributed by atoms with E-state index in [-0.39, 0.29) is 5.91 Å². The topological polar surface area (TPSA) is 25.2 Å². The summed E-state index contributed by atoms with van der Waals surface area (Å²) in [5.41, 5.74) is 5.93. The molecule has 0 amide bonds. The van der Waals surface area contributed by atoms with Gasteiger partial charge in [0, 0.05) is 34.6 Å². The highest BCUT2D eigenvalue weighted by Gasteiger charge is 2.41. The van der Waals surface area contributed by atoms with Crippen molar-refractivity contribution in [2.45, 2.75) is 44.7 Å². The van der Waals surface area contributed by atoms with Gasteiger partial charge >= 0.3 is 0 Å². The lowest BCUT2D eigenvalue weighted by molar-refractivity contribution is 0.0912. The summed E-state index contributed by atoms with van der Waals surface area (Å²) in [6.07, 6.45) is 3.76. The second-order valence-electron chi connectivity index (χ2n) is 8.03. The molecule has 2 aliphatic heterocycles. The van der Waals surface area contributed by atoms with Gasteiger partial charge in [0.1, 0.15) is 0 Å². The zero-order chi connectivity index (χ0) is 18.7. The van der Waals surface area contributed by atoms with Crippen LogP contribution in [-0.2, 0) is 12.8 Å². The van der Waals surface area contributed by atoms with Crippen molar-refractivity contribution in [2.24, 2.45) is 0 Å². The van der Waals surface area contributed by atoms with Crippen LogP contribution in [0.2, 0.25) is 5.02 Å². The van der Waals surface area contributed by atoms with Crippen LogP contribution in [0.4, 0.5) is 0 Å². The standard InChI is InChI=1S/C23H23ClN2O/c1-14-3-9-19-18(11-14)23-20-10-8-17(25(20)2)13-21(23)26(19)22(27)12-15-4-6-16(24)7-5-15/h3-7,9,11,17,20H,8,10,12-13H2,1-2H3. The number of carbonyl (C=O) groups is 1. The summed E-state index contributed by atoms with van der Waals surface area (Å²) in [6.45, 7) is 2.13. The average molecular weight is 379 g/mol. The lowest BCUT2D eigenvalue weighted by atomic mass is 9.97. The minimum absolute atomic E-state index is 0.149. The maximum absolute atomic E-state index is 13.4. The van der Waals surface area contributed by atoms with Crippen LogP contribution >= 0.6 is 11.6 Å². The van der Waals surface area contributed by atoms with Crippen molar-refractivity contribution >= 4 is 28.4 Å². The first-order valence-electron chi connectivity index (χ1n) is 9.66. The number of halogens is 1. The molecule has 0 N–H and O–H groups in total. The monoisotopic (exact) mass is 378 g/mol. The third-order valence-electron chi connectivity index (χ3n) is 6.39. The van der Waals surface area contributed by atoms with Crippen molar-refractivity contribution in [1.82, 2.24) is 9.47 Å². The summed E-state index contributed by atoms with van der Waals surface area (Å²) in [7, 11) is 2.24. The molecule has 2 aromatic carbocycles. The van der Waals surface area contributed by atoms with Crippen molar-refractivity contribution in [3.63, 3.8) is 0 Å². The van der Waals surface area contributed by atoms with Crippen molar-refractivity contribution in [3.05, 3.63) is 69.9 Å². The normalized spacial score (nSPS) is 21.6. The van der Waals surface area contributed by atoms with E-state index < -0.39 is 0 Å². The zero-order valence-electron chi connectivity index (χ0n) is 15.7. The smallest absolute Gasteiger partial charge is 0.235 e. The summed E-state index contributed by atoms with van der Waals surface area (Å²) in [4.78, 5) is 15.9. The van der Waals surface area contributed by atoms with Crippen molar-refractivity contribution in [3.8, 4) is 0 Å². The summed E-state index contributed by atoms with van der Waals surface area (Å²) in [5.74, 6) is 0.149. The second kappa shape index (κ2) is 6.22. The van der Waals surface area contributed by atoms with Gasteiger partial charge in [-0.25, -0.2) is 0 Å². The SMILES string of the molecule is Cc1ccc2c(c1)c1c(n2C(=O)Cc2ccc(Cl)cc2)CC2CCC1N2C. The quantitative estimate of drug-likeness (QED) is 0.614. The Kier molecular flexibility index (Phi) is 3.92. The van der Waals surface area contributed by atoms with Gasteiger partial charge in [0.25, 0.3) is 0 Å². The Bertz CT molecular complexity index is 1050. The Balaban J connectivity index is 1.65. The van der Waals surface area contributed by atoms with Crippen LogP contribution in [0.25, 0.3) is 10.9 Å². The number of benzene rings is 2. The molecule has 2 aliphatic rings. The highest BCUT2D eigenvalue weighted by atomic mass is 35.5. The number of carbonyl (C=O) groups excluding carboxylic acids is 1. The van der Waals surface area contributed by atoms with Gasteiger partial charge in [-0.3, -0.25) is 14.3 Å². The van der Waals surface area contributed by atoms with Crippen LogP contribution in [-0.4, -0.2) is 28.5 Å². The molecule has 1 fully saturated rings. The van der Waals surface area contributed by atoms with E-state index in [1.165, 1.54) is 35.0 Å². The molecule has 3 aromatic rings. The number of aryl methyl sites for hydroxylation is 1. The fourth-order valence-corrected chi connectivity index (χ4v) is 5.15. The Hall–Kier alpha value is -2.10. The number of fused-ring (bicyclic) bond motifs is 6. The molecular weight excluding hydrogens is 356 g/mol. The predicted molar refractivity (Wildman–Crippen MR) is 110 cm³/mol. The molecule has 0 aliphatic carbocycles. The molecule has 4 heteroatoms. The molecular formula is C23H23ClN2O. The minimum atomic E-state index is 0.149. The van der Waals surface area contributed by atoms with E-state index >= 15 is 0 Å². The fourth-order valence-electron chi connectivity index (χ4n) is 5.02. The number of likely N-dealkylation sites (N-methyl/N-ethyl adjacent to an activating group) is 1. The lowest BCUT2D eigenvalue weighted by Crippen LogP contribution is -2.35. The third-order valence-corrected chi connectivity index (χ3v) is 6.64. The molecule has 0 spiro atoms. The van der Waals surface area contributed by atoms with Crippen LogP contribution in [0.5, 0.6) is 0 Å². The number of nitrogens with zero attached hydrogens (tertiary/aromatic N) is 2. The molecule has 2 unspecified atom stereocenters. The molecule has 0 saturated carbocycles. The molecule has 2 atom stereocenters. The van der Waals surface area contributed by atoms with Gasteiger partial charge in [0.15, 0.2) is 0 Å². The van der Waals surface area contributed by atoms with Crippen molar-refractivity contribution in [1.29, 1.82) is 0 Å². The van der Waals surface area contributed by atoms with Gasteiger partial charge in [-0.05, 0) is 62.2 Å². The lowest BCUT2D eigenvalue weighted by Gasteiger charge is -2.32. The first-order chi connectivity index (χ1) is 13.0. The Morgan fingerprint density at radius 3 is 2.70 bits per heavy atom. The van der Waals surface area contributed by atoms with Crippen LogP contribution in [0, 0.1) is 6.92 Å². The van der Waals surface area contributed by atoms with Crippen LogP contribution < -0.4 is 0 Å². The molecule has 1 aromatic heterocycles. The third kappa shape index (κ3) is 2.64. The Labute approximate surface area is 164 Å². The molecule has 3 nitrogen and oxygen atoms in total. The number of hydrogen-bond acceptors (Lipinski definition) is 2. The fraction of sp³-hybridized carbons (Fsp3) is 0.348. The Morgan fingerprint density at radius 1 is 1.15 bits per heavy atom. The molecule has 3 heterocycles. The van der Waals surface area contributed by atoms with Gasteiger partial charge in [0.2, 0.25) is 5.91 Å². The van der Waals surface area contributed by atoms with E-state index in [4.69, 9.17) is 11.6 Å². The maximum Gasteiger partial charge on any atom is 0.235 e. The van der Waals surface area contributed by atoms with Crippen LogP contribution in [0.1, 0.15) is 46.1 Å². The van der Waals surface area contributed by atoms with E-state index in [0.717, 1.165) is 17.5 Å². The van der Waals surface area contributed by atoms with Gasteiger partial charge in [0.05, 0.1) is 11.9 Å². The van der Waals surface area contributed by atoms with Crippen LogP contribution in [0.15, 0.2) is 42.5 Å². The summed E-state index contributed by atoms with van der Waals surface area (Å²) < 4.78 is 2.01. The first kappa shape index (κ1) is 17.0. The molecule has 1 saturated heterocycles. The van der Waals surface area contributed by atoms with E-state index in [2.05, 4.69) is 37.1 Å². The number of rotatable bonds is 2. The van der Waals surface area contributed by atoms with E-state index in [1.807, 2.05) is 28.8 Å². The van der Waals surface area contributed by atoms with Gasteiger partial charge in [-0.15, -0.1) is 0 Å². The van der Waals surface area contributed by atoms with Crippen molar-refractivity contribution < 1.29 is 4.79 Å². The van der Waals surface area contributed by atoms with Gasteiger partial charge < -0.3 is 0 Å². The van der Waals surface area contributed by atoms with E-state index in [1.54, 1.807) is 0 Å². The average Bonchev–Trinajstić information content (AvgIpc) is 3.07. The van der Waals surface area contributed by atoms with Gasteiger partial charge in [-0.1, -0.05) is 35.4 Å². The van der Waals surface area contributed by atoms with E-state index in [0.29, 0.717) is 23.5 Å². The zero-order valence-corrected chi connectivity index (χ0v) is 16.5. The largest absolute Gasteiger partial charge is 0.296 e. The number of aromatic nitrogens is 1. The molecule has 5 rings (SSSR count). The molecule has 0 radical (unpaired) electrons.